The van der Waals surface area contributed by atoms with Crippen molar-refractivity contribution in [3.8, 4) is 5.69 Å². The maximum Gasteiger partial charge on any atom is 0.293 e. The lowest BCUT2D eigenvalue weighted by atomic mass is 10.1. The molecule has 0 atom stereocenters. The quantitative estimate of drug-likeness (QED) is 0.376. The van der Waals surface area contributed by atoms with Gasteiger partial charge in [-0.25, -0.2) is 5.43 Å². The second-order valence-electron chi connectivity index (χ2n) is 6.91. The van der Waals surface area contributed by atoms with Crippen LogP contribution >= 0.6 is 0 Å². The molecule has 1 saturated heterocycles. The summed E-state index contributed by atoms with van der Waals surface area (Å²) in [7, 11) is 0. The van der Waals surface area contributed by atoms with Gasteiger partial charge in [-0.1, -0.05) is 18.2 Å². The van der Waals surface area contributed by atoms with Gasteiger partial charge in [0, 0.05) is 37.1 Å². The second-order valence-corrected chi connectivity index (χ2v) is 6.91. The molecule has 0 spiro atoms. The molecule has 4 rings (SSSR count). The number of hydrogen-bond donors (Lipinski definition) is 1. The Bertz CT molecular complexity index is 1100. The van der Waals surface area contributed by atoms with Gasteiger partial charge in [0.15, 0.2) is 0 Å². The van der Waals surface area contributed by atoms with Crippen molar-refractivity contribution in [2.45, 2.75) is 0 Å². The molecule has 158 valence electrons. The summed E-state index contributed by atoms with van der Waals surface area (Å²) in [4.78, 5) is 25.7. The van der Waals surface area contributed by atoms with Gasteiger partial charge in [-0.15, -0.1) is 0 Å². The van der Waals surface area contributed by atoms with E-state index in [1.807, 2.05) is 46.1 Å². The summed E-state index contributed by atoms with van der Waals surface area (Å²) in [6.45, 7) is 2.28. The molecule has 0 saturated carbocycles. The number of amides is 1. The summed E-state index contributed by atoms with van der Waals surface area (Å²) in [5, 5.41) is 15.6. The molecule has 0 radical (unpaired) electrons. The van der Waals surface area contributed by atoms with Gasteiger partial charge in [-0.05, 0) is 30.3 Å². The zero-order valence-electron chi connectivity index (χ0n) is 16.7. The number of morpholine rings is 1. The molecule has 0 unspecified atom stereocenters. The highest BCUT2D eigenvalue weighted by molar-refractivity contribution is 5.98. The highest BCUT2D eigenvalue weighted by Crippen LogP contribution is 2.29. The topological polar surface area (TPSA) is 102 Å². The van der Waals surface area contributed by atoms with Gasteiger partial charge < -0.3 is 14.2 Å². The van der Waals surface area contributed by atoms with Crippen molar-refractivity contribution < 1.29 is 14.5 Å². The van der Waals surface area contributed by atoms with Crippen LogP contribution in [0.2, 0.25) is 0 Å². The Labute approximate surface area is 178 Å². The molecule has 1 aliphatic rings. The number of anilines is 1. The van der Waals surface area contributed by atoms with Gasteiger partial charge >= 0.3 is 0 Å². The number of aromatic nitrogens is 1. The molecule has 31 heavy (non-hydrogen) atoms. The number of rotatable bonds is 6. The van der Waals surface area contributed by atoms with Crippen molar-refractivity contribution in [1.82, 2.24) is 9.99 Å². The van der Waals surface area contributed by atoms with Gasteiger partial charge in [0.1, 0.15) is 5.69 Å². The molecular formula is C22H21N5O4. The molecule has 2 aromatic carbocycles. The Morgan fingerprint density at radius 3 is 2.55 bits per heavy atom. The van der Waals surface area contributed by atoms with E-state index >= 15 is 0 Å². The fourth-order valence-electron chi connectivity index (χ4n) is 3.45. The third-order valence-electron chi connectivity index (χ3n) is 4.96. The lowest BCUT2D eigenvalue weighted by molar-refractivity contribution is -0.384. The average Bonchev–Trinajstić information content (AvgIpc) is 3.34. The van der Waals surface area contributed by atoms with Crippen LogP contribution in [0.15, 0.2) is 72.1 Å². The van der Waals surface area contributed by atoms with Crippen LogP contribution in [-0.4, -0.2) is 47.9 Å². The van der Waals surface area contributed by atoms with Gasteiger partial charge in [-0.2, -0.15) is 5.10 Å². The summed E-state index contributed by atoms with van der Waals surface area (Å²) in [6, 6.07) is 15.8. The molecule has 1 amide bonds. The van der Waals surface area contributed by atoms with Crippen LogP contribution in [0.1, 0.15) is 15.9 Å². The van der Waals surface area contributed by atoms with Gasteiger partial charge in [0.25, 0.3) is 11.6 Å². The molecule has 0 aliphatic carbocycles. The standard InChI is InChI=1S/C22H21N5O4/c28-22(18-5-1-2-6-19(18)25-9-3-4-10-25)24-23-16-17-7-8-20(21(15-17)27(29)30)26-11-13-31-14-12-26/h1-10,15-16H,11-14H2,(H,24,28)/b23-16-. The van der Waals surface area contributed by atoms with Crippen LogP contribution in [0.3, 0.4) is 0 Å². The van der Waals surface area contributed by atoms with E-state index in [2.05, 4.69) is 10.5 Å². The highest BCUT2D eigenvalue weighted by atomic mass is 16.6. The van der Waals surface area contributed by atoms with E-state index in [1.165, 1.54) is 12.3 Å². The summed E-state index contributed by atoms with van der Waals surface area (Å²) in [5.41, 5.74) is 4.75. The number of benzene rings is 2. The van der Waals surface area contributed by atoms with Crippen LogP contribution in [-0.2, 0) is 4.74 Å². The number of nitro groups is 1. The summed E-state index contributed by atoms with van der Waals surface area (Å²) >= 11 is 0. The van der Waals surface area contributed by atoms with E-state index in [1.54, 1.807) is 24.3 Å². The first-order valence-corrected chi connectivity index (χ1v) is 9.80. The number of para-hydroxylation sites is 1. The molecule has 9 heteroatoms. The lowest BCUT2D eigenvalue weighted by Gasteiger charge is -2.28. The highest BCUT2D eigenvalue weighted by Gasteiger charge is 2.21. The van der Waals surface area contributed by atoms with Crippen molar-refractivity contribution >= 4 is 23.5 Å². The van der Waals surface area contributed by atoms with Crippen molar-refractivity contribution in [1.29, 1.82) is 0 Å². The second kappa shape index (κ2) is 9.23. The number of hydrogen-bond acceptors (Lipinski definition) is 6. The number of ether oxygens (including phenoxy) is 1. The van der Waals surface area contributed by atoms with E-state index in [-0.39, 0.29) is 11.6 Å². The number of nitrogens with zero attached hydrogens (tertiary/aromatic N) is 4. The van der Waals surface area contributed by atoms with Gasteiger partial charge in [0.2, 0.25) is 0 Å². The predicted molar refractivity (Wildman–Crippen MR) is 117 cm³/mol. The zero-order chi connectivity index (χ0) is 21.6. The average molecular weight is 419 g/mol. The molecule has 1 aromatic heterocycles. The van der Waals surface area contributed by atoms with E-state index < -0.39 is 4.92 Å². The third kappa shape index (κ3) is 4.62. The first-order chi connectivity index (χ1) is 15.1. The van der Waals surface area contributed by atoms with Crippen LogP contribution in [0, 0.1) is 10.1 Å². The third-order valence-corrected chi connectivity index (χ3v) is 4.96. The Hall–Kier alpha value is -3.98. The van der Waals surface area contributed by atoms with Crippen LogP contribution in [0.4, 0.5) is 11.4 Å². The number of nitrogens with one attached hydrogen (secondary N) is 1. The van der Waals surface area contributed by atoms with Gasteiger partial charge in [0.05, 0.1) is 35.6 Å². The van der Waals surface area contributed by atoms with Crippen molar-refractivity contribution in [2.75, 3.05) is 31.2 Å². The number of hydrazone groups is 1. The monoisotopic (exact) mass is 419 g/mol. The summed E-state index contributed by atoms with van der Waals surface area (Å²) < 4.78 is 7.15. The van der Waals surface area contributed by atoms with E-state index in [4.69, 9.17) is 4.74 Å². The normalized spacial score (nSPS) is 14.0. The largest absolute Gasteiger partial charge is 0.378 e. The van der Waals surface area contributed by atoms with Crippen molar-refractivity contribution in [2.24, 2.45) is 5.10 Å². The minimum atomic E-state index is -0.409. The van der Waals surface area contributed by atoms with Crippen molar-refractivity contribution in [3.05, 3.63) is 88.2 Å². The Balaban J connectivity index is 1.50. The fourth-order valence-corrected chi connectivity index (χ4v) is 3.45. The predicted octanol–water partition coefficient (Wildman–Crippen LogP) is 2.99. The molecule has 1 fully saturated rings. The van der Waals surface area contributed by atoms with Crippen molar-refractivity contribution in [3.63, 3.8) is 0 Å². The molecule has 0 bridgehead atoms. The molecule has 1 aliphatic heterocycles. The Morgan fingerprint density at radius 2 is 1.81 bits per heavy atom. The number of carbonyl (C=O) groups is 1. The fraction of sp³-hybridized carbons (Fsp3) is 0.182. The molecule has 3 aromatic rings. The van der Waals surface area contributed by atoms with E-state index in [0.717, 1.165) is 5.69 Å². The SMILES string of the molecule is O=C(N/N=C\c1ccc(N2CCOCC2)c([N+](=O)[O-])c1)c1ccccc1-n1cccc1. The molecule has 2 heterocycles. The van der Waals surface area contributed by atoms with Crippen LogP contribution in [0.25, 0.3) is 5.69 Å². The zero-order valence-corrected chi connectivity index (χ0v) is 16.7. The smallest absolute Gasteiger partial charge is 0.293 e. The van der Waals surface area contributed by atoms with E-state index in [0.29, 0.717) is 43.1 Å². The molecule has 9 nitrogen and oxygen atoms in total. The van der Waals surface area contributed by atoms with Crippen LogP contribution < -0.4 is 10.3 Å². The minimum Gasteiger partial charge on any atom is -0.378 e. The van der Waals surface area contributed by atoms with E-state index in [9.17, 15) is 14.9 Å². The summed E-state index contributed by atoms with van der Waals surface area (Å²) in [5.74, 6) is -0.375. The van der Waals surface area contributed by atoms with Crippen LogP contribution in [0.5, 0.6) is 0 Å². The molecule has 1 N–H and O–H groups in total. The maximum absolute atomic E-state index is 12.6. The first kappa shape index (κ1) is 20.3. The Morgan fingerprint density at radius 1 is 1.06 bits per heavy atom. The number of carbonyl (C=O) groups excluding carboxylic acids is 1. The Kier molecular flexibility index (Phi) is 6.04. The number of nitro benzene ring substituents is 1. The minimum absolute atomic E-state index is 0.00451. The summed E-state index contributed by atoms with van der Waals surface area (Å²) in [6.07, 6.45) is 5.10. The molecular weight excluding hydrogens is 398 g/mol. The first-order valence-electron chi connectivity index (χ1n) is 9.80. The maximum atomic E-state index is 12.6. The van der Waals surface area contributed by atoms with Gasteiger partial charge in [-0.3, -0.25) is 14.9 Å². The lowest BCUT2D eigenvalue weighted by Crippen LogP contribution is -2.36.